The van der Waals surface area contributed by atoms with Crippen molar-refractivity contribution in [2.45, 2.75) is 18.9 Å². The number of methoxy groups -OCH3 is 1. The number of rotatable bonds is 7. The van der Waals surface area contributed by atoms with Crippen molar-refractivity contribution in [1.82, 2.24) is 20.0 Å². The van der Waals surface area contributed by atoms with Gasteiger partial charge in [-0.2, -0.15) is 5.10 Å². The van der Waals surface area contributed by atoms with Crippen molar-refractivity contribution < 1.29 is 9.53 Å². The van der Waals surface area contributed by atoms with Crippen molar-refractivity contribution in [2.75, 3.05) is 26.7 Å². The Morgan fingerprint density at radius 1 is 1.10 bits per heavy atom. The number of likely N-dealkylation sites (tertiary alicyclic amines) is 1. The van der Waals surface area contributed by atoms with Crippen LogP contribution in [0.2, 0.25) is 0 Å². The second kappa shape index (κ2) is 8.92. The number of hydrogen-bond acceptors (Lipinski definition) is 4. The fourth-order valence-electron chi connectivity index (χ4n) is 3.82. The molecule has 1 aliphatic rings. The molecule has 0 spiro atoms. The summed E-state index contributed by atoms with van der Waals surface area (Å²) in [6, 6.07) is 17.7. The minimum atomic E-state index is -0.0604. The van der Waals surface area contributed by atoms with Crippen LogP contribution >= 0.6 is 0 Å². The molecule has 6 heteroatoms. The quantitative estimate of drug-likeness (QED) is 0.671. The van der Waals surface area contributed by atoms with E-state index in [1.165, 1.54) is 18.4 Å². The first-order chi connectivity index (χ1) is 14.2. The van der Waals surface area contributed by atoms with Crippen LogP contribution in [0.25, 0.3) is 5.69 Å². The zero-order valence-corrected chi connectivity index (χ0v) is 16.6. The van der Waals surface area contributed by atoms with Gasteiger partial charge in [0.25, 0.3) is 5.91 Å². The van der Waals surface area contributed by atoms with E-state index in [-0.39, 0.29) is 11.9 Å². The molecule has 150 valence electrons. The summed E-state index contributed by atoms with van der Waals surface area (Å²) < 4.78 is 7.05. The van der Waals surface area contributed by atoms with Crippen molar-refractivity contribution >= 4 is 5.91 Å². The van der Waals surface area contributed by atoms with E-state index in [0.29, 0.717) is 12.1 Å². The molecule has 0 bridgehead atoms. The molecule has 1 amide bonds. The van der Waals surface area contributed by atoms with Crippen LogP contribution in [0.3, 0.4) is 0 Å². The number of amides is 1. The van der Waals surface area contributed by atoms with Crippen molar-refractivity contribution in [1.29, 1.82) is 0 Å². The molecule has 4 rings (SSSR count). The summed E-state index contributed by atoms with van der Waals surface area (Å²) in [5.41, 5.74) is 2.78. The second-order valence-corrected chi connectivity index (χ2v) is 7.24. The summed E-state index contributed by atoms with van der Waals surface area (Å²) in [5.74, 6) is 0.782. The molecular formula is C23H26N4O2. The largest absolute Gasteiger partial charge is 0.497 e. The standard InChI is InChI=1S/C23H26N4O2/c1-29-21-11-7-18(8-12-21)22(26-14-2-3-15-26)17-24-23(28)19-5-9-20(10-6-19)27-16-4-13-25-27/h4-13,16,22H,2-3,14-15,17H2,1H3,(H,24,28)/t22-/m1/s1. The van der Waals surface area contributed by atoms with Gasteiger partial charge < -0.3 is 10.1 Å². The van der Waals surface area contributed by atoms with Crippen LogP contribution in [0.5, 0.6) is 5.75 Å². The Labute approximate surface area is 171 Å². The van der Waals surface area contributed by atoms with E-state index in [2.05, 4.69) is 27.4 Å². The lowest BCUT2D eigenvalue weighted by atomic mass is 10.0. The van der Waals surface area contributed by atoms with Gasteiger partial charge in [-0.3, -0.25) is 9.69 Å². The topological polar surface area (TPSA) is 59.4 Å². The Hall–Kier alpha value is -3.12. The van der Waals surface area contributed by atoms with Crippen molar-refractivity contribution in [3.05, 3.63) is 78.1 Å². The van der Waals surface area contributed by atoms with Gasteiger partial charge in [0.15, 0.2) is 0 Å². The van der Waals surface area contributed by atoms with Crippen LogP contribution in [-0.2, 0) is 0 Å². The smallest absolute Gasteiger partial charge is 0.251 e. The fraction of sp³-hybridized carbons (Fsp3) is 0.304. The van der Waals surface area contributed by atoms with Crippen LogP contribution < -0.4 is 10.1 Å². The molecular weight excluding hydrogens is 364 g/mol. The zero-order valence-electron chi connectivity index (χ0n) is 16.6. The molecule has 0 saturated carbocycles. The zero-order chi connectivity index (χ0) is 20.1. The van der Waals surface area contributed by atoms with Gasteiger partial charge in [-0.1, -0.05) is 12.1 Å². The highest BCUT2D eigenvalue weighted by atomic mass is 16.5. The first-order valence-electron chi connectivity index (χ1n) is 10.0. The molecule has 0 unspecified atom stereocenters. The Kier molecular flexibility index (Phi) is 5.91. The average molecular weight is 390 g/mol. The summed E-state index contributed by atoms with van der Waals surface area (Å²) in [6.45, 7) is 2.70. The summed E-state index contributed by atoms with van der Waals surface area (Å²) in [6.07, 6.45) is 6.02. The first-order valence-corrected chi connectivity index (χ1v) is 10.0. The molecule has 2 aromatic carbocycles. The van der Waals surface area contributed by atoms with Crippen molar-refractivity contribution in [3.8, 4) is 11.4 Å². The van der Waals surface area contributed by atoms with E-state index >= 15 is 0 Å². The maximum atomic E-state index is 12.7. The lowest BCUT2D eigenvalue weighted by Gasteiger charge is -2.28. The van der Waals surface area contributed by atoms with E-state index in [1.807, 2.05) is 48.7 Å². The lowest BCUT2D eigenvalue weighted by Crippen LogP contribution is -2.36. The highest BCUT2D eigenvalue weighted by molar-refractivity contribution is 5.94. The monoisotopic (exact) mass is 390 g/mol. The van der Waals surface area contributed by atoms with Crippen LogP contribution in [-0.4, -0.2) is 47.3 Å². The lowest BCUT2D eigenvalue weighted by molar-refractivity contribution is 0.0938. The minimum absolute atomic E-state index is 0.0604. The van der Waals surface area contributed by atoms with Crippen molar-refractivity contribution in [3.63, 3.8) is 0 Å². The third kappa shape index (κ3) is 4.49. The van der Waals surface area contributed by atoms with Gasteiger partial charge in [-0.05, 0) is 74.0 Å². The minimum Gasteiger partial charge on any atom is -0.497 e. The summed E-state index contributed by atoms with van der Waals surface area (Å²) in [7, 11) is 1.67. The summed E-state index contributed by atoms with van der Waals surface area (Å²) in [4.78, 5) is 15.2. The van der Waals surface area contributed by atoms with E-state index in [0.717, 1.165) is 24.5 Å². The van der Waals surface area contributed by atoms with E-state index in [1.54, 1.807) is 18.0 Å². The van der Waals surface area contributed by atoms with Gasteiger partial charge in [0.2, 0.25) is 0 Å². The molecule has 1 aliphatic heterocycles. The fourth-order valence-corrected chi connectivity index (χ4v) is 3.82. The van der Waals surface area contributed by atoms with Gasteiger partial charge in [0.05, 0.1) is 18.8 Å². The molecule has 1 N–H and O–H groups in total. The molecule has 6 nitrogen and oxygen atoms in total. The van der Waals surface area contributed by atoms with E-state index in [9.17, 15) is 4.79 Å². The van der Waals surface area contributed by atoms with Gasteiger partial charge in [-0.15, -0.1) is 0 Å². The molecule has 3 aromatic rings. The molecule has 0 aliphatic carbocycles. The number of ether oxygens (including phenoxy) is 1. The predicted molar refractivity (Wildman–Crippen MR) is 112 cm³/mol. The summed E-state index contributed by atoms with van der Waals surface area (Å²) >= 11 is 0. The van der Waals surface area contributed by atoms with Crippen LogP contribution in [0.15, 0.2) is 67.0 Å². The summed E-state index contributed by atoms with van der Waals surface area (Å²) in [5, 5.41) is 7.34. The Bertz CT molecular complexity index is 915. The molecule has 2 heterocycles. The second-order valence-electron chi connectivity index (χ2n) is 7.24. The van der Waals surface area contributed by atoms with Gasteiger partial charge in [0, 0.05) is 24.5 Å². The Balaban J connectivity index is 1.44. The number of carbonyl (C=O) groups is 1. The third-order valence-electron chi connectivity index (χ3n) is 5.44. The SMILES string of the molecule is COc1ccc([C@@H](CNC(=O)c2ccc(-n3cccn3)cc2)N2CCCC2)cc1. The average Bonchev–Trinajstić information content (AvgIpc) is 3.49. The van der Waals surface area contributed by atoms with Crippen LogP contribution in [0, 0.1) is 0 Å². The van der Waals surface area contributed by atoms with Crippen LogP contribution in [0.1, 0.15) is 34.8 Å². The van der Waals surface area contributed by atoms with Crippen molar-refractivity contribution in [2.24, 2.45) is 0 Å². The molecule has 29 heavy (non-hydrogen) atoms. The highest BCUT2D eigenvalue weighted by Crippen LogP contribution is 2.26. The Morgan fingerprint density at radius 3 is 2.45 bits per heavy atom. The first kappa shape index (κ1) is 19.2. The molecule has 1 atom stereocenters. The number of benzene rings is 2. The third-order valence-corrected chi connectivity index (χ3v) is 5.44. The van der Waals surface area contributed by atoms with E-state index < -0.39 is 0 Å². The Morgan fingerprint density at radius 2 is 1.83 bits per heavy atom. The number of carbonyl (C=O) groups excluding carboxylic acids is 1. The van der Waals surface area contributed by atoms with Crippen LogP contribution in [0.4, 0.5) is 0 Å². The number of nitrogens with one attached hydrogen (secondary N) is 1. The molecule has 1 aromatic heterocycles. The molecule has 0 radical (unpaired) electrons. The highest BCUT2D eigenvalue weighted by Gasteiger charge is 2.24. The predicted octanol–water partition coefficient (Wildman–Crippen LogP) is 3.45. The van der Waals surface area contributed by atoms with Gasteiger partial charge in [-0.25, -0.2) is 4.68 Å². The van der Waals surface area contributed by atoms with Gasteiger partial charge >= 0.3 is 0 Å². The molecule has 1 saturated heterocycles. The number of nitrogens with zero attached hydrogens (tertiary/aromatic N) is 3. The normalized spacial score (nSPS) is 15.2. The number of aromatic nitrogens is 2. The maximum Gasteiger partial charge on any atom is 0.251 e. The van der Waals surface area contributed by atoms with Gasteiger partial charge in [0.1, 0.15) is 5.75 Å². The van der Waals surface area contributed by atoms with E-state index in [4.69, 9.17) is 4.74 Å². The maximum absolute atomic E-state index is 12.7. The molecule has 1 fully saturated rings. The number of hydrogen-bond donors (Lipinski definition) is 1.